The van der Waals surface area contributed by atoms with Crippen LogP contribution >= 0.6 is 0 Å². The molecule has 33 heavy (non-hydrogen) atoms. The van der Waals surface area contributed by atoms with Crippen LogP contribution in [0, 0.1) is 0 Å². The van der Waals surface area contributed by atoms with E-state index in [-0.39, 0.29) is 53.0 Å². The van der Waals surface area contributed by atoms with Gasteiger partial charge in [-0.1, -0.05) is 36.9 Å². The molecule has 1 heterocycles. The summed E-state index contributed by atoms with van der Waals surface area (Å²) < 4.78 is 60.2. The van der Waals surface area contributed by atoms with Gasteiger partial charge in [0.2, 0.25) is 0 Å². The van der Waals surface area contributed by atoms with Crippen molar-refractivity contribution in [2.45, 2.75) is 18.4 Å². The largest absolute Gasteiger partial charge is 0.467 e. The number of fused-ring (bicyclic) bond motifs is 3. The Morgan fingerprint density at radius 1 is 1.15 bits per heavy atom. The second-order valence-corrected chi connectivity index (χ2v) is 7.86. The monoisotopic (exact) mass is 460 g/mol. The zero-order valence-corrected chi connectivity index (χ0v) is 17.6. The number of methoxy groups -OCH3 is 1. The average molecular weight is 460 g/mol. The van der Waals surface area contributed by atoms with Gasteiger partial charge in [0, 0.05) is 40.9 Å². The van der Waals surface area contributed by atoms with E-state index in [4.69, 9.17) is 0 Å². The van der Waals surface area contributed by atoms with Gasteiger partial charge in [-0.2, -0.15) is 17.6 Å². The molecule has 0 spiro atoms. The van der Waals surface area contributed by atoms with Crippen LogP contribution in [0.2, 0.25) is 0 Å². The third-order valence-electron chi connectivity index (χ3n) is 5.95. The van der Waals surface area contributed by atoms with E-state index in [2.05, 4.69) is 16.6 Å². The molecule has 9 heteroatoms. The van der Waals surface area contributed by atoms with Gasteiger partial charge in [-0.15, -0.1) is 0 Å². The molecular weight excluding hydrogens is 440 g/mol. The Labute approximate surface area is 187 Å². The molecule has 5 nitrogen and oxygen atoms in total. The summed E-state index contributed by atoms with van der Waals surface area (Å²) in [7, 11) is 1.16. The van der Waals surface area contributed by atoms with Crippen molar-refractivity contribution < 1.29 is 31.9 Å². The maximum atomic E-state index is 14.7. The molecule has 2 aromatic rings. The maximum Gasteiger partial charge on any atom is 0.328 e. The number of rotatable bonds is 5. The molecule has 4 rings (SSSR count). The smallest absolute Gasteiger partial charge is 0.328 e. The number of hydrogen-bond donors (Lipinski definition) is 1. The minimum Gasteiger partial charge on any atom is -0.467 e. The molecule has 1 saturated heterocycles. The summed E-state index contributed by atoms with van der Waals surface area (Å²) in [5.41, 5.74) is 0.565. The number of ether oxygens (including phenoxy) is 1. The van der Waals surface area contributed by atoms with Gasteiger partial charge in [0.05, 0.1) is 13.7 Å². The fourth-order valence-corrected chi connectivity index (χ4v) is 4.24. The number of esters is 1. The molecule has 1 aliphatic carbocycles. The van der Waals surface area contributed by atoms with Crippen LogP contribution in [0.4, 0.5) is 17.6 Å². The zero-order chi connectivity index (χ0) is 23.9. The fourth-order valence-electron chi connectivity index (χ4n) is 4.24. The molecule has 172 valence electrons. The maximum absolute atomic E-state index is 14.7. The fraction of sp³-hybridized carbons (Fsp3) is 0.250. The molecule has 0 unspecified atom stereocenters. The van der Waals surface area contributed by atoms with Crippen molar-refractivity contribution in [1.29, 1.82) is 0 Å². The van der Waals surface area contributed by atoms with E-state index in [0.717, 1.165) is 7.11 Å². The molecule has 0 aromatic heterocycles. The van der Waals surface area contributed by atoms with Crippen molar-refractivity contribution in [1.82, 2.24) is 10.2 Å². The first-order chi connectivity index (χ1) is 15.6. The van der Waals surface area contributed by atoms with Crippen molar-refractivity contribution in [3.05, 3.63) is 83.1 Å². The van der Waals surface area contributed by atoms with Crippen molar-refractivity contribution in [2.24, 2.45) is 0 Å². The molecular formula is C24H20F4N2O3. The number of nitrogens with zero attached hydrogens (tertiary/aromatic N) is 1. The van der Waals surface area contributed by atoms with Gasteiger partial charge in [0.25, 0.3) is 17.9 Å². The van der Waals surface area contributed by atoms with E-state index in [1.807, 2.05) is 0 Å². The van der Waals surface area contributed by atoms with Crippen LogP contribution in [0.3, 0.4) is 0 Å². The van der Waals surface area contributed by atoms with E-state index in [1.165, 1.54) is 35.2 Å². The second-order valence-electron chi connectivity index (χ2n) is 7.86. The number of hydrogen-bond acceptors (Lipinski definition) is 4. The Morgan fingerprint density at radius 2 is 1.85 bits per heavy atom. The highest BCUT2D eigenvalue weighted by molar-refractivity contribution is 5.97. The lowest BCUT2D eigenvalue weighted by Crippen LogP contribution is -2.39. The van der Waals surface area contributed by atoms with E-state index in [0.29, 0.717) is 5.56 Å². The Hall–Kier alpha value is -3.62. The highest BCUT2D eigenvalue weighted by Crippen LogP contribution is 2.50. The normalized spacial score (nSPS) is 17.9. The lowest BCUT2D eigenvalue weighted by molar-refractivity contribution is -0.145. The lowest BCUT2D eigenvalue weighted by Gasteiger charge is -2.26. The molecule has 1 atom stereocenters. The van der Waals surface area contributed by atoms with Gasteiger partial charge in [0.1, 0.15) is 6.04 Å². The van der Waals surface area contributed by atoms with Crippen LogP contribution in [0.1, 0.15) is 27.9 Å². The van der Waals surface area contributed by atoms with Crippen molar-refractivity contribution in [3.8, 4) is 11.1 Å². The Kier molecular flexibility index (Phi) is 5.73. The van der Waals surface area contributed by atoms with Gasteiger partial charge >= 0.3 is 5.97 Å². The molecule has 0 bridgehead atoms. The molecule has 2 aliphatic rings. The molecule has 0 saturated carbocycles. The predicted octanol–water partition coefficient (Wildman–Crippen LogP) is 4.45. The van der Waals surface area contributed by atoms with Crippen LogP contribution in [-0.4, -0.2) is 43.0 Å². The van der Waals surface area contributed by atoms with Crippen LogP contribution in [0.5, 0.6) is 0 Å². The molecule has 1 amide bonds. The lowest BCUT2D eigenvalue weighted by atomic mass is 10.0. The first-order valence-electron chi connectivity index (χ1n) is 10.1. The number of amides is 1. The Morgan fingerprint density at radius 3 is 2.55 bits per heavy atom. The zero-order valence-electron chi connectivity index (χ0n) is 17.6. The average Bonchev–Trinajstić information content (AvgIpc) is 3.35. The number of carbonyl (C=O) groups is 2. The van der Waals surface area contributed by atoms with Crippen LogP contribution in [0.15, 0.2) is 66.4 Å². The van der Waals surface area contributed by atoms with E-state index in [9.17, 15) is 27.2 Å². The molecule has 0 radical (unpaired) electrons. The number of carbonyl (C=O) groups excluding carboxylic acids is 2. The summed E-state index contributed by atoms with van der Waals surface area (Å²) in [6.45, 7) is 3.47. The summed E-state index contributed by atoms with van der Waals surface area (Å²) in [4.78, 5) is 26.1. The number of halogens is 4. The Balaban J connectivity index is 1.50. The Bertz CT molecular complexity index is 1190. The topological polar surface area (TPSA) is 58.6 Å². The van der Waals surface area contributed by atoms with Gasteiger partial charge in [-0.05, 0) is 23.3 Å². The van der Waals surface area contributed by atoms with Gasteiger partial charge < -0.3 is 15.0 Å². The summed E-state index contributed by atoms with van der Waals surface area (Å²) in [5, 5.41) is 2.61. The van der Waals surface area contributed by atoms with Crippen molar-refractivity contribution >= 4 is 11.9 Å². The number of nitrogens with one attached hydrogen (secondary N) is 1. The van der Waals surface area contributed by atoms with Gasteiger partial charge in [-0.25, -0.2) is 4.79 Å². The summed E-state index contributed by atoms with van der Waals surface area (Å²) in [5.74, 6) is -4.38. The second kappa shape index (κ2) is 8.38. The van der Waals surface area contributed by atoms with Crippen LogP contribution in [0.25, 0.3) is 11.1 Å². The third-order valence-corrected chi connectivity index (χ3v) is 5.95. The number of alkyl halides is 2. The number of benzene rings is 2. The minimum absolute atomic E-state index is 0.113. The van der Waals surface area contributed by atoms with E-state index in [1.54, 1.807) is 12.1 Å². The van der Waals surface area contributed by atoms with Crippen LogP contribution < -0.4 is 5.32 Å². The number of likely N-dealkylation sites (tertiary alicyclic amines) is 1. The van der Waals surface area contributed by atoms with E-state index >= 15 is 0 Å². The first-order valence-corrected chi connectivity index (χ1v) is 10.1. The first kappa shape index (κ1) is 22.6. The quantitative estimate of drug-likeness (QED) is 0.529. The molecule has 1 aliphatic heterocycles. The summed E-state index contributed by atoms with van der Waals surface area (Å²) >= 11 is 0. The standard InChI is InChI=1S/C24H20F4N2O3/c1-13(30-12-15(21(25)26)10-20(30)23(32)33-2)11-29-22(31)14-7-8-19-17(9-14)16-5-3-4-6-18(16)24(19,27)28/h3-9,20H,1,10-12H2,2H3,(H,29,31)/t20-/m0/s1. The van der Waals surface area contributed by atoms with Crippen LogP contribution in [-0.2, 0) is 15.5 Å². The highest BCUT2D eigenvalue weighted by Gasteiger charge is 2.44. The molecule has 2 aromatic carbocycles. The van der Waals surface area contributed by atoms with Gasteiger partial charge in [-0.3, -0.25) is 4.79 Å². The molecule has 1 fully saturated rings. The summed E-state index contributed by atoms with van der Waals surface area (Å²) in [6, 6.07) is 9.10. The predicted molar refractivity (Wildman–Crippen MR) is 113 cm³/mol. The van der Waals surface area contributed by atoms with E-state index < -0.39 is 29.9 Å². The van der Waals surface area contributed by atoms with Crippen molar-refractivity contribution in [2.75, 3.05) is 20.2 Å². The third kappa shape index (κ3) is 3.88. The minimum atomic E-state index is -3.15. The SMILES string of the molecule is C=C(CNC(=O)c1ccc2c(c1)-c1ccccc1C2(F)F)N1CC(=C(F)F)C[C@H]1C(=O)OC. The highest BCUT2D eigenvalue weighted by atomic mass is 19.3. The summed E-state index contributed by atoms with van der Waals surface area (Å²) in [6.07, 6.45) is -2.06. The molecule has 1 N–H and O–H groups in total. The van der Waals surface area contributed by atoms with Crippen molar-refractivity contribution in [3.63, 3.8) is 0 Å². The van der Waals surface area contributed by atoms with Gasteiger partial charge in [0.15, 0.2) is 0 Å².